The van der Waals surface area contributed by atoms with Crippen LogP contribution < -0.4 is 0 Å². The van der Waals surface area contributed by atoms with Gasteiger partial charge in [-0.3, -0.25) is 0 Å². The molecule has 0 aromatic heterocycles. The maximum absolute atomic E-state index is 11.8. The van der Waals surface area contributed by atoms with Gasteiger partial charge in [0.15, 0.2) is 0 Å². The van der Waals surface area contributed by atoms with Crippen LogP contribution in [0.2, 0.25) is 0 Å². The van der Waals surface area contributed by atoms with Crippen molar-refractivity contribution in [2.24, 2.45) is 0 Å². The van der Waals surface area contributed by atoms with Crippen LogP contribution in [0.1, 0.15) is 59.3 Å². The second kappa shape index (κ2) is 11.0. The summed E-state index contributed by atoms with van der Waals surface area (Å²) >= 11 is 0. The third-order valence-corrected chi connectivity index (χ3v) is 2.68. The summed E-state index contributed by atoms with van der Waals surface area (Å²) in [6.07, 6.45) is 7.00. The molecule has 1 N–H and O–H groups in total. The SMILES string of the molecule is CC(C)(C)OCCCCCCC/C=C/C(O)C=C(F)F. The van der Waals surface area contributed by atoms with E-state index >= 15 is 0 Å². The molecule has 0 amide bonds. The number of aliphatic hydroxyl groups excluding tert-OH is 1. The molecule has 0 saturated heterocycles. The van der Waals surface area contributed by atoms with Crippen LogP contribution in [0.25, 0.3) is 0 Å². The first-order valence-corrected chi connectivity index (χ1v) is 7.33. The smallest absolute Gasteiger partial charge is 0.269 e. The normalized spacial score (nSPS) is 13.7. The van der Waals surface area contributed by atoms with E-state index in [0.717, 1.165) is 45.1 Å². The molecule has 0 aromatic carbocycles. The molecule has 0 rings (SSSR count). The van der Waals surface area contributed by atoms with E-state index in [1.807, 2.05) is 0 Å². The van der Waals surface area contributed by atoms with Gasteiger partial charge in [-0.15, -0.1) is 0 Å². The molecule has 20 heavy (non-hydrogen) atoms. The van der Waals surface area contributed by atoms with Gasteiger partial charge >= 0.3 is 0 Å². The molecule has 0 aliphatic heterocycles. The Morgan fingerprint density at radius 3 is 2.30 bits per heavy atom. The Bertz CT molecular complexity index is 289. The Morgan fingerprint density at radius 2 is 1.70 bits per heavy atom. The Hall–Kier alpha value is -0.740. The predicted molar refractivity (Wildman–Crippen MR) is 78.9 cm³/mol. The summed E-state index contributed by atoms with van der Waals surface area (Å²) in [6.45, 7) is 6.96. The predicted octanol–water partition coefficient (Wildman–Crippen LogP) is 4.84. The Balaban J connectivity index is 3.37. The molecule has 118 valence electrons. The minimum atomic E-state index is -1.85. The first-order valence-electron chi connectivity index (χ1n) is 7.33. The summed E-state index contributed by atoms with van der Waals surface area (Å²) in [5.74, 6) is 0. The molecule has 0 bridgehead atoms. The van der Waals surface area contributed by atoms with Crippen LogP contribution in [0.3, 0.4) is 0 Å². The van der Waals surface area contributed by atoms with Gasteiger partial charge in [0.1, 0.15) is 0 Å². The topological polar surface area (TPSA) is 29.5 Å². The van der Waals surface area contributed by atoms with E-state index in [2.05, 4.69) is 20.8 Å². The molecule has 0 spiro atoms. The van der Waals surface area contributed by atoms with Crippen LogP contribution in [0.4, 0.5) is 8.78 Å². The van der Waals surface area contributed by atoms with Crippen molar-refractivity contribution in [1.82, 2.24) is 0 Å². The number of allylic oxidation sites excluding steroid dienone is 1. The number of hydrogen-bond donors (Lipinski definition) is 1. The van der Waals surface area contributed by atoms with Gasteiger partial charge in [-0.1, -0.05) is 31.4 Å². The number of halogens is 2. The highest BCUT2D eigenvalue weighted by atomic mass is 19.3. The highest BCUT2D eigenvalue weighted by Gasteiger charge is 2.08. The summed E-state index contributed by atoms with van der Waals surface area (Å²) in [5, 5.41) is 9.13. The summed E-state index contributed by atoms with van der Waals surface area (Å²) in [4.78, 5) is 0. The zero-order valence-electron chi connectivity index (χ0n) is 12.9. The number of rotatable bonds is 10. The van der Waals surface area contributed by atoms with Crippen molar-refractivity contribution in [2.45, 2.75) is 71.0 Å². The fourth-order valence-corrected chi connectivity index (χ4v) is 1.69. The lowest BCUT2D eigenvalue weighted by molar-refractivity contribution is -0.00474. The minimum absolute atomic E-state index is 0.0564. The lowest BCUT2D eigenvalue weighted by Gasteiger charge is -2.19. The largest absolute Gasteiger partial charge is 0.385 e. The number of unbranched alkanes of at least 4 members (excludes halogenated alkanes) is 5. The van der Waals surface area contributed by atoms with E-state index < -0.39 is 12.2 Å². The standard InChI is InChI=1S/C16H28F2O2/c1-16(2,3)20-12-10-8-6-4-5-7-9-11-14(19)13-15(17)18/h9,11,13-14,19H,4-8,10,12H2,1-3H3/b11-9+. The molecular formula is C16H28F2O2. The van der Waals surface area contributed by atoms with E-state index in [4.69, 9.17) is 9.84 Å². The number of aliphatic hydroxyl groups is 1. The highest BCUT2D eigenvalue weighted by Crippen LogP contribution is 2.10. The molecule has 0 heterocycles. The first-order chi connectivity index (χ1) is 9.31. The lowest BCUT2D eigenvalue weighted by Crippen LogP contribution is -2.19. The van der Waals surface area contributed by atoms with Crippen LogP contribution >= 0.6 is 0 Å². The molecule has 0 saturated carbocycles. The second-order valence-corrected chi connectivity index (χ2v) is 5.89. The van der Waals surface area contributed by atoms with Crippen molar-refractivity contribution >= 4 is 0 Å². The van der Waals surface area contributed by atoms with E-state index in [0.29, 0.717) is 6.08 Å². The van der Waals surface area contributed by atoms with Gasteiger partial charge in [-0.05, 0) is 40.0 Å². The van der Waals surface area contributed by atoms with Gasteiger partial charge in [-0.2, -0.15) is 8.78 Å². The summed E-state index contributed by atoms with van der Waals surface area (Å²) in [6, 6.07) is 0. The van der Waals surface area contributed by atoms with Crippen molar-refractivity contribution in [3.05, 3.63) is 24.3 Å². The Morgan fingerprint density at radius 1 is 1.10 bits per heavy atom. The van der Waals surface area contributed by atoms with Crippen LogP contribution in [0.5, 0.6) is 0 Å². The van der Waals surface area contributed by atoms with E-state index in [-0.39, 0.29) is 5.60 Å². The van der Waals surface area contributed by atoms with Gasteiger partial charge in [-0.25, -0.2) is 0 Å². The highest BCUT2D eigenvalue weighted by molar-refractivity contribution is 5.01. The summed E-state index contributed by atoms with van der Waals surface area (Å²) in [7, 11) is 0. The van der Waals surface area contributed by atoms with Gasteiger partial charge in [0, 0.05) is 12.7 Å². The van der Waals surface area contributed by atoms with E-state index in [9.17, 15) is 8.78 Å². The summed E-state index contributed by atoms with van der Waals surface area (Å²) < 4.78 is 29.2. The molecule has 0 aliphatic carbocycles. The fraction of sp³-hybridized carbons (Fsp3) is 0.750. The maximum atomic E-state index is 11.8. The van der Waals surface area contributed by atoms with E-state index in [1.165, 1.54) is 6.08 Å². The molecule has 0 fully saturated rings. The third kappa shape index (κ3) is 15.3. The van der Waals surface area contributed by atoms with E-state index in [1.54, 1.807) is 6.08 Å². The Labute approximate surface area is 121 Å². The molecule has 0 aromatic rings. The van der Waals surface area contributed by atoms with Crippen LogP contribution in [-0.2, 0) is 4.74 Å². The fourth-order valence-electron chi connectivity index (χ4n) is 1.69. The quantitative estimate of drug-likeness (QED) is 0.461. The molecule has 0 aliphatic rings. The molecule has 4 heteroatoms. The first kappa shape index (κ1) is 19.3. The van der Waals surface area contributed by atoms with Crippen LogP contribution in [0, 0.1) is 0 Å². The van der Waals surface area contributed by atoms with Crippen LogP contribution in [-0.4, -0.2) is 23.4 Å². The van der Waals surface area contributed by atoms with Crippen molar-refractivity contribution in [3.63, 3.8) is 0 Å². The average Bonchev–Trinajstić information content (AvgIpc) is 2.29. The summed E-state index contributed by atoms with van der Waals surface area (Å²) in [5.41, 5.74) is -0.0564. The molecule has 1 unspecified atom stereocenters. The Kier molecular flexibility index (Phi) is 10.6. The van der Waals surface area contributed by atoms with Gasteiger partial charge in [0.05, 0.1) is 11.7 Å². The number of hydrogen-bond acceptors (Lipinski definition) is 2. The molecule has 2 nitrogen and oxygen atoms in total. The van der Waals surface area contributed by atoms with Gasteiger partial charge < -0.3 is 9.84 Å². The van der Waals surface area contributed by atoms with Crippen molar-refractivity contribution < 1.29 is 18.6 Å². The monoisotopic (exact) mass is 290 g/mol. The van der Waals surface area contributed by atoms with Crippen LogP contribution in [0.15, 0.2) is 24.3 Å². The zero-order valence-corrected chi connectivity index (χ0v) is 12.9. The second-order valence-electron chi connectivity index (χ2n) is 5.89. The third-order valence-electron chi connectivity index (χ3n) is 2.68. The average molecular weight is 290 g/mol. The molecular weight excluding hydrogens is 262 g/mol. The van der Waals surface area contributed by atoms with Crippen molar-refractivity contribution in [3.8, 4) is 0 Å². The van der Waals surface area contributed by atoms with Crippen molar-refractivity contribution in [2.75, 3.05) is 6.61 Å². The zero-order chi connectivity index (χ0) is 15.4. The van der Waals surface area contributed by atoms with Gasteiger partial charge in [0.2, 0.25) is 0 Å². The molecule has 1 atom stereocenters. The molecule has 0 radical (unpaired) electrons. The number of ether oxygens (including phenoxy) is 1. The van der Waals surface area contributed by atoms with Crippen molar-refractivity contribution in [1.29, 1.82) is 0 Å². The van der Waals surface area contributed by atoms with Gasteiger partial charge in [0.25, 0.3) is 6.08 Å². The maximum Gasteiger partial charge on any atom is 0.269 e. The lowest BCUT2D eigenvalue weighted by atomic mass is 10.1. The minimum Gasteiger partial charge on any atom is -0.385 e.